The number of aromatic amines is 1. The van der Waals surface area contributed by atoms with Crippen LogP contribution in [0.1, 0.15) is 10.4 Å². The van der Waals surface area contributed by atoms with E-state index in [0.717, 1.165) is 32.0 Å². The Kier molecular flexibility index (Phi) is 7.06. The molecule has 0 aliphatic carbocycles. The summed E-state index contributed by atoms with van der Waals surface area (Å²) in [6.07, 6.45) is 7.09. The van der Waals surface area contributed by atoms with E-state index in [9.17, 15) is 4.79 Å². The molecule has 5 rings (SSSR count). The van der Waals surface area contributed by atoms with Gasteiger partial charge in [-0.25, -0.2) is 9.98 Å². The van der Waals surface area contributed by atoms with Gasteiger partial charge in [0.1, 0.15) is 11.3 Å². The first-order valence-electron chi connectivity index (χ1n) is 9.04. The van der Waals surface area contributed by atoms with Gasteiger partial charge in [-0.3, -0.25) is 15.1 Å². The second-order valence-electron chi connectivity index (χ2n) is 6.42. The monoisotopic (exact) mass is 472 g/mol. The molecule has 0 atom stereocenters. The van der Waals surface area contributed by atoms with E-state index in [1.165, 1.54) is 0 Å². The normalized spacial score (nSPS) is 14.0. The molecule has 158 valence electrons. The molecule has 1 amide bonds. The largest absolute Gasteiger partial charge is 0.351 e. The van der Waals surface area contributed by atoms with Crippen LogP contribution in [0.15, 0.2) is 71.7 Å². The molecule has 0 unspecified atom stereocenters. The molecule has 5 heterocycles. The summed E-state index contributed by atoms with van der Waals surface area (Å²) in [5, 5.41) is 6.91. The third-order valence-corrected chi connectivity index (χ3v) is 5.59. The molecule has 31 heavy (non-hydrogen) atoms. The molecule has 0 saturated carbocycles. The lowest BCUT2D eigenvalue weighted by atomic mass is 10.2. The molecule has 0 bridgehead atoms. The Morgan fingerprint density at radius 3 is 2.74 bits per heavy atom. The molecule has 1 aliphatic rings. The second-order valence-corrected chi connectivity index (χ2v) is 7.59. The van der Waals surface area contributed by atoms with Gasteiger partial charge in [-0.1, -0.05) is 6.07 Å². The number of halogens is 2. The number of carbonyl (C=O) groups excluding carboxylic acids is 1. The topological polar surface area (TPSA) is 95.1 Å². The maximum Gasteiger partial charge on any atom is 0.276 e. The number of carbonyl (C=O) groups is 1. The number of hydrogen-bond donors (Lipinski definition) is 3. The number of amides is 1. The summed E-state index contributed by atoms with van der Waals surface area (Å²) in [5.74, 6) is 0.220. The van der Waals surface area contributed by atoms with Gasteiger partial charge < -0.3 is 10.3 Å². The molecule has 10 heteroatoms. The Balaban J connectivity index is 0.00000136. The molecular weight excluding hydrogens is 455 g/mol. The Morgan fingerprint density at radius 1 is 1.03 bits per heavy atom. The van der Waals surface area contributed by atoms with Crippen LogP contribution in [0, 0.1) is 0 Å². The van der Waals surface area contributed by atoms with Crippen LogP contribution in [-0.4, -0.2) is 26.8 Å². The molecular formula is C21H18Cl2N6OS. The maximum atomic E-state index is 12.3. The minimum Gasteiger partial charge on any atom is -0.351 e. The highest BCUT2D eigenvalue weighted by atomic mass is 35.5. The van der Waals surface area contributed by atoms with Crippen molar-refractivity contribution in [2.45, 2.75) is 6.54 Å². The summed E-state index contributed by atoms with van der Waals surface area (Å²) >= 11 is 1.66. The van der Waals surface area contributed by atoms with E-state index in [-0.39, 0.29) is 30.7 Å². The molecule has 1 aliphatic heterocycles. The summed E-state index contributed by atoms with van der Waals surface area (Å²) in [6.45, 7) is 0.570. The highest BCUT2D eigenvalue weighted by Gasteiger charge is 2.20. The number of aliphatic imine (C=N–C) groups is 1. The summed E-state index contributed by atoms with van der Waals surface area (Å²) in [7, 11) is 0. The standard InChI is InChI=1S/C21H16N6OS.2ClH/c28-20-17(10-13-11-24-19-15(13)4-3-9-23-19)26-21(27-20)25-12-14-6-7-18(29-14)16-5-1-2-8-22-16;;/h1-11H,12H2,(H,23,24)(H2,25,26,27,28);2*1H/b17-10-;;. The summed E-state index contributed by atoms with van der Waals surface area (Å²) in [5.41, 5.74) is 2.97. The molecule has 3 N–H and O–H groups in total. The fraction of sp³-hybridized carbons (Fsp3) is 0.0476. The third-order valence-electron chi connectivity index (χ3n) is 4.48. The molecule has 4 aromatic heterocycles. The molecule has 4 aromatic rings. The van der Waals surface area contributed by atoms with Crippen molar-refractivity contribution in [1.29, 1.82) is 0 Å². The zero-order valence-electron chi connectivity index (χ0n) is 16.0. The van der Waals surface area contributed by atoms with E-state index in [1.807, 2.05) is 36.5 Å². The predicted molar refractivity (Wildman–Crippen MR) is 129 cm³/mol. The number of H-pyrrole nitrogens is 1. The zero-order valence-corrected chi connectivity index (χ0v) is 18.5. The van der Waals surface area contributed by atoms with Crippen molar-refractivity contribution >= 4 is 65.1 Å². The van der Waals surface area contributed by atoms with E-state index in [2.05, 4.69) is 42.7 Å². The van der Waals surface area contributed by atoms with Crippen LogP contribution in [0.2, 0.25) is 0 Å². The quantitative estimate of drug-likeness (QED) is 0.388. The summed E-state index contributed by atoms with van der Waals surface area (Å²) in [4.78, 5) is 30.6. The average Bonchev–Trinajstić information content (AvgIpc) is 3.47. The smallest absolute Gasteiger partial charge is 0.276 e. The maximum absolute atomic E-state index is 12.3. The van der Waals surface area contributed by atoms with Crippen LogP contribution >= 0.6 is 36.2 Å². The van der Waals surface area contributed by atoms with E-state index in [4.69, 9.17) is 0 Å². The zero-order chi connectivity index (χ0) is 19.6. The number of fused-ring (bicyclic) bond motifs is 1. The molecule has 7 nitrogen and oxygen atoms in total. The summed E-state index contributed by atoms with van der Waals surface area (Å²) < 4.78 is 0. The lowest BCUT2D eigenvalue weighted by Gasteiger charge is -2.02. The van der Waals surface area contributed by atoms with Crippen molar-refractivity contribution in [3.8, 4) is 10.6 Å². The fourth-order valence-corrected chi connectivity index (χ4v) is 4.01. The number of pyridine rings is 2. The third kappa shape index (κ3) is 4.77. The molecule has 0 aromatic carbocycles. The van der Waals surface area contributed by atoms with Crippen molar-refractivity contribution in [1.82, 2.24) is 25.6 Å². The van der Waals surface area contributed by atoms with Crippen molar-refractivity contribution in [2.75, 3.05) is 0 Å². The van der Waals surface area contributed by atoms with Crippen LogP contribution < -0.4 is 10.6 Å². The number of nitrogens with one attached hydrogen (secondary N) is 3. The molecule has 0 radical (unpaired) electrons. The number of aromatic nitrogens is 3. The number of hydrogen-bond acceptors (Lipinski definition) is 6. The van der Waals surface area contributed by atoms with Gasteiger partial charge >= 0.3 is 0 Å². The Labute approximate surface area is 194 Å². The van der Waals surface area contributed by atoms with Gasteiger partial charge in [0.25, 0.3) is 5.91 Å². The first-order chi connectivity index (χ1) is 14.3. The van der Waals surface area contributed by atoms with Crippen LogP contribution in [0.3, 0.4) is 0 Å². The average molecular weight is 473 g/mol. The lowest BCUT2D eigenvalue weighted by Crippen LogP contribution is -2.35. The first kappa shape index (κ1) is 22.5. The van der Waals surface area contributed by atoms with Gasteiger partial charge in [-0.2, -0.15) is 0 Å². The van der Waals surface area contributed by atoms with Crippen LogP contribution in [-0.2, 0) is 11.3 Å². The highest BCUT2D eigenvalue weighted by molar-refractivity contribution is 7.15. The molecule has 0 fully saturated rings. The minimum atomic E-state index is -0.230. The predicted octanol–water partition coefficient (Wildman–Crippen LogP) is 4.15. The summed E-state index contributed by atoms with van der Waals surface area (Å²) in [6, 6.07) is 13.8. The van der Waals surface area contributed by atoms with Gasteiger partial charge in [0.2, 0.25) is 5.96 Å². The Bertz CT molecular complexity index is 1270. The van der Waals surface area contributed by atoms with E-state index < -0.39 is 0 Å². The van der Waals surface area contributed by atoms with Crippen LogP contribution in [0.5, 0.6) is 0 Å². The van der Waals surface area contributed by atoms with Gasteiger partial charge in [-0.15, -0.1) is 36.2 Å². The van der Waals surface area contributed by atoms with E-state index >= 15 is 0 Å². The van der Waals surface area contributed by atoms with Gasteiger partial charge in [0, 0.05) is 34.4 Å². The van der Waals surface area contributed by atoms with E-state index in [1.54, 1.807) is 29.8 Å². The van der Waals surface area contributed by atoms with Crippen LogP contribution in [0.25, 0.3) is 27.7 Å². The van der Waals surface area contributed by atoms with E-state index in [0.29, 0.717) is 18.2 Å². The number of thiophene rings is 1. The lowest BCUT2D eigenvalue weighted by molar-refractivity contribution is -0.115. The number of guanidine groups is 1. The van der Waals surface area contributed by atoms with Gasteiger partial charge in [0.05, 0.1) is 17.1 Å². The van der Waals surface area contributed by atoms with Crippen molar-refractivity contribution < 1.29 is 4.79 Å². The van der Waals surface area contributed by atoms with Crippen molar-refractivity contribution in [3.05, 3.63) is 77.2 Å². The Hall–Kier alpha value is -3.20. The van der Waals surface area contributed by atoms with Crippen molar-refractivity contribution in [2.24, 2.45) is 4.99 Å². The van der Waals surface area contributed by atoms with Crippen molar-refractivity contribution in [3.63, 3.8) is 0 Å². The number of rotatable bonds is 4. The van der Waals surface area contributed by atoms with Gasteiger partial charge in [0.15, 0.2) is 0 Å². The number of nitrogens with zero attached hydrogens (tertiary/aromatic N) is 3. The molecule has 0 spiro atoms. The first-order valence-corrected chi connectivity index (χ1v) is 9.86. The highest BCUT2D eigenvalue weighted by Crippen LogP contribution is 2.26. The molecule has 0 saturated heterocycles. The second kappa shape index (κ2) is 9.74. The SMILES string of the molecule is Cl.Cl.O=C1NC(NCc2ccc(-c3ccccn3)s2)=N/C1=C\c1c[nH]c2ncccc12. The minimum absolute atomic E-state index is 0. The fourth-order valence-electron chi connectivity index (χ4n) is 3.09. The Morgan fingerprint density at radius 2 is 1.90 bits per heavy atom. The van der Waals surface area contributed by atoms with Gasteiger partial charge in [-0.05, 0) is 42.5 Å². The van der Waals surface area contributed by atoms with Crippen LogP contribution in [0.4, 0.5) is 0 Å².